The van der Waals surface area contributed by atoms with Crippen molar-refractivity contribution in [2.45, 2.75) is 38.5 Å². The average Bonchev–Trinajstić information content (AvgIpc) is 3.58. The Hall–Kier alpha value is -3.26. The molecule has 1 aromatic carbocycles. The van der Waals surface area contributed by atoms with E-state index < -0.39 is 0 Å². The number of likely N-dealkylation sites (N-methyl/N-ethyl adjacent to an activating group) is 1. The molecule has 8 heteroatoms. The molecule has 8 nitrogen and oxygen atoms in total. The summed E-state index contributed by atoms with van der Waals surface area (Å²) in [5, 5.41) is 13.9. The minimum absolute atomic E-state index is 0.0662. The van der Waals surface area contributed by atoms with E-state index in [1.165, 1.54) is 5.56 Å². The van der Waals surface area contributed by atoms with Crippen molar-refractivity contribution < 1.29 is 14.6 Å². The number of aliphatic hydroxyl groups excluding tert-OH is 1. The number of aliphatic hydroxyl groups is 1. The number of benzene rings is 1. The van der Waals surface area contributed by atoms with Crippen LogP contribution < -0.4 is 4.74 Å². The number of amides is 1. The molecule has 0 radical (unpaired) electrons. The molecule has 0 bridgehead atoms. The van der Waals surface area contributed by atoms with Crippen molar-refractivity contribution >= 4 is 5.91 Å². The Morgan fingerprint density at radius 3 is 2.78 bits per heavy atom. The summed E-state index contributed by atoms with van der Waals surface area (Å²) in [4.78, 5) is 24.3. The first-order valence-corrected chi connectivity index (χ1v) is 11.2. The molecule has 1 saturated carbocycles. The highest BCUT2D eigenvalue weighted by Gasteiger charge is 2.35. The molecule has 0 aliphatic heterocycles. The highest BCUT2D eigenvalue weighted by Crippen LogP contribution is 2.43. The number of aromatic nitrogens is 4. The molecule has 32 heavy (non-hydrogen) atoms. The first-order valence-electron chi connectivity index (χ1n) is 11.2. The zero-order chi connectivity index (χ0) is 22.2. The third-order valence-electron chi connectivity index (χ3n) is 6.32. The van der Waals surface area contributed by atoms with E-state index in [1.54, 1.807) is 22.9 Å². The SMILES string of the molecule is CCN(CCO)C(=O)c1cnn(-c2ncc3c(n2)-c2cc(OC)ccc2CC3)c1C1CC1. The topological polar surface area (TPSA) is 93.4 Å². The maximum absolute atomic E-state index is 13.1. The predicted octanol–water partition coefficient (Wildman–Crippen LogP) is 2.77. The van der Waals surface area contributed by atoms with E-state index in [-0.39, 0.29) is 18.4 Å². The number of rotatable bonds is 7. The molecular formula is C24H27N5O3. The molecule has 2 aliphatic rings. The highest BCUT2D eigenvalue weighted by atomic mass is 16.5. The van der Waals surface area contributed by atoms with Crippen LogP contribution in [-0.2, 0) is 12.8 Å². The van der Waals surface area contributed by atoms with E-state index >= 15 is 0 Å². The van der Waals surface area contributed by atoms with Crippen LogP contribution in [0.25, 0.3) is 17.2 Å². The molecule has 1 fully saturated rings. The molecular weight excluding hydrogens is 406 g/mol. The monoisotopic (exact) mass is 433 g/mol. The number of methoxy groups -OCH3 is 1. The van der Waals surface area contributed by atoms with Gasteiger partial charge in [0.15, 0.2) is 0 Å². The summed E-state index contributed by atoms with van der Waals surface area (Å²) >= 11 is 0. The van der Waals surface area contributed by atoms with Gasteiger partial charge in [0, 0.05) is 30.8 Å². The lowest BCUT2D eigenvalue weighted by Crippen LogP contribution is -2.33. The second-order valence-electron chi connectivity index (χ2n) is 8.30. The number of hydrogen-bond donors (Lipinski definition) is 1. The Morgan fingerprint density at radius 1 is 1.25 bits per heavy atom. The molecule has 0 saturated heterocycles. The normalized spacial score (nSPS) is 14.6. The molecule has 1 N–H and O–H groups in total. The van der Waals surface area contributed by atoms with E-state index in [0.29, 0.717) is 24.6 Å². The number of ether oxygens (including phenoxy) is 1. The fraction of sp³-hybridized carbons (Fsp3) is 0.417. The second kappa shape index (κ2) is 8.35. The molecule has 3 aromatic rings. The van der Waals surface area contributed by atoms with Crippen LogP contribution in [0.15, 0.2) is 30.6 Å². The third-order valence-corrected chi connectivity index (χ3v) is 6.32. The van der Waals surface area contributed by atoms with Crippen LogP contribution in [0.5, 0.6) is 5.75 Å². The van der Waals surface area contributed by atoms with Gasteiger partial charge in [0.1, 0.15) is 5.75 Å². The number of carbonyl (C=O) groups excluding carboxylic acids is 1. The van der Waals surface area contributed by atoms with Gasteiger partial charge in [0.2, 0.25) is 0 Å². The van der Waals surface area contributed by atoms with Crippen LogP contribution in [0.3, 0.4) is 0 Å². The van der Waals surface area contributed by atoms with Crippen molar-refractivity contribution in [1.82, 2.24) is 24.6 Å². The lowest BCUT2D eigenvalue weighted by molar-refractivity contribution is 0.0730. The Labute approximate surface area is 186 Å². The molecule has 2 heterocycles. The van der Waals surface area contributed by atoms with Gasteiger partial charge in [0.25, 0.3) is 11.9 Å². The van der Waals surface area contributed by atoms with Gasteiger partial charge in [-0.15, -0.1) is 0 Å². The van der Waals surface area contributed by atoms with Gasteiger partial charge in [-0.2, -0.15) is 5.10 Å². The Bertz CT molecular complexity index is 1170. The standard InChI is InChI=1S/C24H27N5O3/c1-3-28(10-11-30)23(31)20-14-26-29(22(20)16-5-6-16)24-25-13-17-7-4-15-8-9-18(32-2)12-19(15)21(17)27-24/h8-9,12-14,16,30H,3-7,10-11H2,1-2H3. The Morgan fingerprint density at radius 2 is 2.06 bits per heavy atom. The van der Waals surface area contributed by atoms with Gasteiger partial charge < -0.3 is 14.7 Å². The van der Waals surface area contributed by atoms with Crippen LogP contribution >= 0.6 is 0 Å². The zero-order valence-electron chi connectivity index (χ0n) is 18.4. The van der Waals surface area contributed by atoms with Gasteiger partial charge in [-0.05, 0) is 55.9 Å². The lowest BCUT2D eigenvalue weighted by atomic mass is 9.90. The fourth-order valence-corrected chi connectivity index (χ4v) is 4.43. The maximum atomic E-state index is 13.1. The summed E-state index contributed by atoms with van der Waals surface area (Å²) in [7, 11) is 1.66. The van der Waals surface area contributed by atoms with Gasteiger partial charge >= 0.3 is 0 Å². The van der Waals surface area contributed by atoms with Gasteiger partial charge in [0.05, 0.1) is 36.9 Å². The number of hydrogen-bond acceptors (Lipinski definition) is 6. The van der Waals surface area contributed by atoms with Crippen LogP contribution in [-0.4, -0.2) is 62.5 Å². The van der Waals surface area contributed by atoms with Gasteiger partial charge in [-0.3, -0.25) is 4.79 Å². The van der Waals surface area contributed by atoms with E-state index in [2.05, 4.69) is 16.1 Å². The molecule has 0 unspecified atom stereocenters. The van der Waals surface area contributed by atoms with Crippen molar-refractivity contribution in [1.29, 1.82) is 0 Å². The summed E-state index contributed by atoms with van der Waals surface area (Å²) in [6.07, 6.45) is 7.37. The van der Waals surface area contributed by atoms with E-state index in [1.807, 2.05) is 25.3 Å². The highest BCUT2D eigenvalue weighted by molar-refractivity contribution is 5.95. The molecule has 0 atom stereocenters. The largest absolute Gasteiger partial charge is 0.497 e. The first kappa shape index (κ1) is 20.6. The number of nitrogens with zero attached hydrogens (tertiary/aromatic N) is 5. The molecule has 0 spiro atoms. The number of fused-ring (bicyclic) bond motifs is 3. The van der Waals surface area contributed by atoms with Crippen molar-refractivity contribution in [2.24, 2.45) is 0 Å². The van der Waals surface area contributed by atoms with Crippen molar-refractivity contribution in [3.05, 3.63) is 53.0 Å². The lowest BCUT2D eigenvalue weighted by Gasteiger charge is -2.21. The van der Waals surface area contributed by atoms with Crippen molar-refractivity contribution in [3.63, 3.8) is 0 Å². The quantitative estimate of drug-likeness (QED) is 0.616. The van der Waals surface area contributed by atoms with E-state index in [4.69, 9.17) is 9.72 Å². The van der Waals surface area contributed by atoms with Crippen LogP contribution in [0, 0.1) is 0 Å². The van der Waals surface area contributed by atoms with Crippen LogP contribution in [0.1, 0.15) is 52.9 Å². The Kier molecular flexibility index (Phi) is 5.38. The summed E-state index contributed by atoms with van der Waals surface area (Å²) in [6.45, 7) is 2.68. The number of aryl methyl sites for hydroxylation is 2. The van der Waals surface area contributed by atoms with Crippen molar-refractivity contribution in [2.75, 3.05) is 26.8 Å². The van der Waals surface area contributed by atoms with Crippen molar-refractivity contribution in [3.8, 4) is 23.0 Å². The molecule has 166 valence electrons. The molecule has 1 amide bonds. The van der Waals surface area contributed by atoms with Crippen LogP contribution in [0.4, 0.5) is 0 Å². The number of carbonyl (C=O) groups is 1. The first-order chi connectivity index (χ1) is 15.6. The average molecular weight is 434 g/mol. The van der Waals surface area contributed by atoms with E-state index in [9.17, 15) is 9.90 Å². The minimum Gasteiger partial charge on any atom is -0.497 e. The molecule has 2 aromatic heterocycles. The van der Waals surface area contributed by atoms with Gasteiger partial charge in [-0.1, -0.05) is 6.07 Å². The fourth-order valence-electron chi connectivity index (χ4n) is 4.43. The second-order valence-corrected chi connectivity index (χ2v) is 8.30. The van der Waals surface area contributed by atoms with Crippen LogP contribution in [0.2, 0.25) is 0 Å². The predicted molar refractivity (Wildman–Crippen MR) is 119 cm³/mol. The third kappa shape index (κ3) is 3.54. The van der Waals surface area contributed by atoms with E-state index in [0.717, 1.165) is 53.9 Å². The summed E-state index contributed by atoms with van der Waals surface area (Å²) < 4.78 is 7.16. The molecule has 5 rings (SSSR count). The van der Waals surface area contributed by atoms with Gasteiger partial charge in [-0.25, -0.2) is 14.6 Å². The smallest absolute Gasteiger partial charge is 0.257 e. The summed E-state index contributed by atoms with van der Waals surface area (Å²) in [6, 6.07) is 6.10. The zero-order valence-corrected chi connectivity index (χ0v) is 18.4. The minimum atomic E-state index is -0.109. The Balaban J connectivity index is 1.58. The summed E-state index contributed by atoms with van der Waals surface area (Å²) in [5.74, 6) is 1.44. The molecule has 2 aliphatic carbocycles. The maximum Gasteiger partial charge on any atom is 0.257 e. The summed E-state index contributed by atoms with van der Waals surface area (Å²) in [5.41, 5.74) is 5.75.